The maximum Gasteiger partial charge on any atom is 4.00 e. The molecule has 0 fully saturated rings. The summed E-state index contributed by atoms with van der Waals surface area (Å²) in [6.07, 6.45) is 0. The van der Waals surface area contributed by atoms with Crippen molar-refractivity contribution < 1.29 is 64.5 Å². The van der Waals surface area contributed by atoms with Gasteiger partial charge in [0.15, 0.2) is 0 Å². The molecule has 0 aromatic heterocycles. The molecule has 4 heteroatoms. The maximum atomic E-state index is 6.03. The van der Waals surface area contributed by atoms with E-state index in [1.165, 1.54) is 16.2 Å². The third kappa shape index (κ3) is 3.61. The van der Waals surface area contributed by atoms with Crippen molar-refractivity contribution in [1.29, 1.82) is 0 Å². The van der Waals surface area contributed by atoms with Crippen molar-refractivity contribution >= 4 is 21.5 Å². The van der Waals surface area contributed by atoms with Crippen LogP contribution in [0, 0.1) is 0 Å². The SMILES string of the molecule is [Br-].[Br-].[Hf+4].c1ccc2[cH-]c(Oc3cccc4[cH-]ccc34)cc2c1. The van der Waals surface area contributed by atoms with E-state index in [0.29, 0.717) is 0 Å². The summed E-state index contributed by atoms with van der Waals surface area (Å²) in [7, 11) is 0. The van der Waals surface area contributed by atoms with Crippen molar-refractivity contribution in [1.82, 2.24) is 0 Å². The Labute approximate surface area is 169 Å². The van der Waals surface area contributed by atoms with Gasteiger partial charge >= 0.3 is 25.8 Å². The summed E-state index contributed by atoms with van der Waals surface area (Å²) in [6, 6.07) is 24.8. The zero-order valence-electron chi connectivity index (χ0n) is 11.6. The van der Waals surface area contributed by atoms with Gasteiger partial charge in [0.2, 0.25) is 0 Å². The molecule has 108 valence electrons. The minimum absolute atomic E-state index is 0. The molecule has 4 rings (SSSR count). The predicted octanol–water partition coefficient (Wildman–Crippen LogP) is -0.771. The molecule has 0 N–H and O–H groups in total. The third-order valence-electron chi connectivity index (χ3n) is 3.46. The molecule has 0 aliphatic heterocycles. The first-order valence-corrected chi connectivity index (χ1v) is 6.38. The van der Waals surface area contributed by atoms with Gasteiger partial charge < -0.3 is 38.7 Å². The summed E-state index contributed by atoms with van der Waals surface area (Å²) >= 11 is 0. The van der Waals surface area contributed by atoms with Crippen LogP contribution in [0.25, 0.3) is 21.5 Å². The van der Waals surface area contributed by atoms with Crippen molar-refractivity contribution in [2.24, 2.45) is 0 Å². The van der Waals surface area contributed by atoms with Crippen LogP contribution in [0.15, 0.2) is 72.8 Å². The Kier molecular flexibility index (Phi) is 7.23. The average Bonchev–Trinajstić information content (AvgIpc) is 3.04. The Morgan fingerprint density at radius 3 is 2.41 bits per heavy atom. The summed E-state index contributed by atoms with van der Waals surface area (Å²) < 4.78 is 6.03. The van der Waals surface area contributed by atoms with Crippen molar-refractivity contribution in [3.8, 4) is 11.5 Å². The molecule has 0 aliphatic rings. The number of hydrogen-bond acceptors (Lipinski definition) is 1. The number of benzene rings is 2. The van der Waals surface area contributed by atoms with Crippen LogP contribution < -0.4 is 38.7 Å². The van der Waals surface area contributed by atoms with Crippen molar-refractivity contribution in [3.05, 3.63) is 72.8 Å². The minimum atomic E-state index is 0. The van der Waals surface area contributed by atoms with E-state index in [-0.39, 0.29) is 59.8 Å². The van der Waals surface area contributed by atoms with Crippen LogP contribution in [0.5, 0.6) is 11.5 Å². The van der Waals surface area contributed by atoms with Crippen LogP contribution in [-0.4, -0.2) is 0 Å². The molecule has 0 heterocycles. The largest absolute Gasteiger partial charge is 4.00 e. The standard InChI is InChI=1S/C18H12O.2BrH.Hf/c1-2-6-15-12-16(11-14(15)5-1)19-18-10-4-8-13-7-3-9-17(13)18;;;/h1-12H;2*1H;/q-2;;;+4/p-2. The van der Waals surface area contributed by atoms with Crippen molar-refractivity contribution in [2.75, 3.05) is 0 Å². The average molecular weight is 583 g/mol. The van der Waals surface area contributed by atoms with Crippen LogP contribution >= 0.6 is 0 Å². The van der Waals surface area contributed by atoms with Crippen LogP contribution in [0.1, 0.15) is 0 Å². The Hall–Kier alpha value is -0.710. The molecular formula is C18H12Br2HfO. The molecular weight excluding hydrogens is 570 g/mol. The molecule has 0 atom stereocenters. The Morgan fingerprint density at radius 1 is 0.818 bits per heavy atom. The third-order valence-corrected chi connectivity index (χ3v) is 3.46. The predicted molar refractivity (Wildman–Crippen MR) is 79.2 cm³/mol. The van der Waals surface area contributed by atoms with Gasteiger partial charge in [0.05, 0.1) is 5.75 Å². The number of ether oxygens (including phenoxy) is 1. The van der Waals surface area contributed by atoms with Gasteiger partial charge in [-0.25, -0.2) is 0 Å². The van der Waals surface area contributed by atoms with Crippen molar-refractivity contribution in [3.63, 3.8) is 0 Å². The molecule has 22 heavy (non-hydrogen) atoms. The van der Waals surface area contributed by atoms with Gasteiger partial charge in [-0.15, -0.1) is 64.7 Å². The minimum Gasteiger partial charge on any atom is -1.00 e. The summed E-state index contributed by atoms with van der Waals surface area (Å²) in [6.45, 7) is 0. The molecule has 4 aromatic carbocycles. The van der Waals surface area contributed by atoms with Crippen LogP contribution in [0.4, 0.5) is 0 Å². The van der Waals surface area contributed by atoms with E-state index >= 15 is 0 Å². The van der Waals surface area contributed by atoms with Gasteiger partial charge in [0.25, 0.3) is 0 Å². The molecule has 0 radical (unpaired) electrons. The fraction of sp³-hybridized carbons (Fsp3) is 0. The maximum absolute atomic E-state index is 6.03. The number of rotatable bonds is 2. The Morgan fingerprint density at radius 2 is 1.59 bits per heavy atom. The zero-order valence-corrected chi connectivity index (χ0v) is 18.4. The monoisotopic (exact) mass is 582 g/mol. The molecule has 4 aromatic rings. The van der Waals surface area contributed by atoms with E-state index in [9.17, 15) is 0 Å². The molecule has 0 unspecified atom stereocenters. The Balaban J connectivity index is 0.000000807. The summed E-state index contributed by atoms with van der Waals surface area (Å²) in [4.78, 5) is 0. The van der Waals surface area contributed by atoms with E-state index in [2.05, 4.69) is 48.5 Å². The normalized spacial score (nSPS) is 9.64. The smallest absolute Gasteiger partial charge is 1.00 e. The Bertz CT molecular complexity index is 830. The van der Waals surface area contributed by atoms with E-state index in [4.69, 9.17) is 4.74 Å². The molecule has 0 amide bonds. The molecule has 0 saturated carbocycles. The second-order valence-electron chi connectivity index (χ2n) is 4.71. The zero-order chi connectivity index (χ0) is 12.7. The summed E-state index contributed by atoms with van der Waals surface area (Å²) in [5, 5.41) is 4.81. The van der Waals surface area contributed by atoms with E-state index < -0.39 is 0 Å². The van der Waals surface area contributed by atoms with Gasteiger partial charge in [-0.1, -0.05) is 11.5 Å². The first-order chi connectivity index (χ1) is 9.40. The number of halogens is 2. The molecule has 0 spiro atoms. The second kappa shape index (κ2) is 8.23. The fourth-order valence-corrected chi connectivity index (χ4v) is 2.53. The second-order valence-corrected chi connectivity index (χ2v) is 4.71. The van der Waals surface area contributed by atoms with E-state index in [1.54, 1.807) is 0 Å². The van der Waals surface area contributed by atoms with Crippen molar-refractivity contribution in [2.45, 2.75) is 0 Å². The van der Waals surface area contributed by atoms with Gasteiger partial charge in [-0.05, 0) is 6.07 Å². The van der Waals surface area contributed by atoms with Crippen LogP contribution in [-0.2, 0) is 25.8 Å². The molecule has 0 aliphatic carbocycles. The molecule has 0 saturated heterocycles. The summed E-state index contributed by atoms with van der Waals surface area (Å²) in [5.74, 6) is 1.81. The van der Waals surface area contributed by atoms with E-state index in [1.807, 2.05) is 24.3 Å². The van der Waals surface area contributed by atoms with Crippen LogP contribution in [0.2, 0.25) is 0 Å². The van der Waals surface area contributed by atoms with Crippen LogP contribution in [0.3, 0.4) is 0 Å². The fourth-order valence-electron chi connectivity index (χ4n) is 2.53. The van der Waals surface area contributed by atoms with Gasteiger partial charge in [-0.3, -0.25) is 0 Å². The summed E-state index contributed by atoms with van der Waals surface area (Å²) in [5.41, 5.74) is 0. The molecule has 0 bridgehead atoms. The van der Waals surface area contributed by atoms with Gasteiger partial charge in [0, 0.05) is 5.75 Å². The number of hydrogen-bond donors (Lipinski definition) is 0. The van der Waals surface area contributed by atoms with E-state index in [0.717, 1.165) is 16.9 Å². The molecule has 1 nitrogen and oxygen atoms in total. The first-order valence-electron chi connectivity index (χ1n) is 6.38. The first kappa shape index (κ1) is 19.3. The van der Waals surface area contributed by atoms with Gasteiger partial charge in [-0.2, -0.15) is 12.1 Å². The quantitative estimate of drug-likeness (QED) is 0.223. The van der Waals surface area contributed by atoms with Gasteiger partial charge in [0.1, 0.15) is 0 Å². The number of fused-ring (bicyclic) bond motifs is 2. The topological polar surface area (TPSA) is 9.23 Å².